The summed E-state index contributed by atoms with van der Waals surface area (Å²) in [7, 11) is 0. The number of rotatable bonds is 4. The number of carbonyl (C=O) groups excluding carboxylic acids is 1. The second-order valence-corrected chi connectivity index (χ2v) is 6.35. The minimum absolute atomic E-state index is 0.0429. The molecule has 2 rings (SSSR count). The van der Waals surface area contributed by atoms with Gasteiger partial charge in [-0.25, -0.2) is 0 Å². The maximum Gasteiger partial charge on any atom is 0.240 e. The first kappa shape index (κ1) is 12.4. The van der Waals surface area contributed by atoms with E-state index in [4.69, 9.17) is 5.26 Å². The highest BCUT2D eigenvalue weighted by atomic mass is 16.2. The quantitative estimate of drug-likeness (QED) is 0.813. The van der Waals surface area contributed by atoms with Crippen molar-refractivity contribution in [2.75, 3.05) is 6.54 Å². The summed E-state index contributed by atoms with van der Waals surface area (Å²) in [6.07, 6.45) is 6.37. The summed E-state index contributed by atoms with van der Waals surface area (Å²) < 4.78 is 0. The smallest absolute Gasteiger partial charge is 0.240 e. The summed E-state index contributed by atoms with van der Waals surface area (Å²) in [5.41, 5.74) is -0.524. The molecule has 2 aliphatic rings. The van der Waals surface area contributed by atoms with Crippen LogP contribution in [0.2, 0.25) is 0 Å². The number of carbonyl (C=O) groups is 1. The maximum atomic E-state index is 12.0. The van der Waals surface area contributed by atoms with Crippen molar-refractivity contribution < 1.29 is 4.79 Å². The first-order valence-electron chi connectivity index (χ1n) is 6.70. The second kappa shape index (κ2) is 4.33. The lowest BCUT2D eigenvalue weighted by molar-refractivity contribution is -0.132. The molecule has 0 atom stereocenters. The van der Waals surface area contributed by atoms with Crippen LogP contribution in [0.25, 0.3) is 0 Å². The van der Waals surface area contributed by atoms with Crippen molar-refractivity contribution >= 4 is 5.91 Å². The van der Waals surface area contributed by atoms with Crippen molar-refractivity contribution in [1.29, 1.82) is 5.26 Å². The molecule has 0 aromatic heterocycles. The number of nitrogens with one attached hydrogen (secondary N) is 1. The van der Waals surface area contributed by atoms with Crippen LogP contribution >= 0.6 is 0 Å². The topological polar surface area (TPSA) is 52.9 Å². The van der Waals surface area contributed by atoms with Gasteiger partial charge in [-0.1, -0.05) is 20.3 Å². The predicted molar refractivity (Wildman–Crippen MR) is 66.0 cm³/mol. The van der Waals surface area contributed by atoms with Crippen molar-refractivity contribution in [3.63, 3.8) is 0 Å². The van der Waals surface area contributed by atoms with E-state index in [1.54, 1.807) is 0 Å². The third-order valence-corrected chi connectivity index (χ3v) is 4.77. The van der Waals surface area contributed by atoms with Gasteiger partial charge in [-0.15, -0.1) is 0 Å². The normalized spacial score (nSPS) is 23.1. The Morgan fingerprint density at radius 1 is 1.41 bits per heavy atom. The Balaban J connectivity index is 1.85. The molecule has 1 N–H and O–H groups in total. The highest BCUT2D eigenvalue weighted by Crippen LogP contribution is 2.43. The van der Waals surface area contributed by atoms with Crippen LogP contribution in [-0.4, -0.2) is 12.5 Å². The van der Waals surface area contributed by atoms with E-state index in [0.717, 1.165) is 25.2 Å². The molecule has 17 heavy (non-hydrogen) atoms. The summed E-state index contributed by atoms with van der Waals surface area (Å²) in [4.78, 5) is 12.0. The largest absolute Gasteiger partial charge is 0.354 e. The third kappa shape index (κ3) is 2.18. The van der Waals surface area contributed by atoms with E-state index >= 15 is 0 Å². The van der Waals surface area contributed by atoms with Gasteiger partial charge in [0.2, 0.25) is 5.91 Å². The number of nitriles is 1. The lowest BCUT2D eigenvalue weighted by atomic mass is 9.66. The molecule has 0 saturated heterocycles. The fourth-order valence-electron chi connectivity index (χ4n) is 2.73. The molecule has 0 heterocycles. The van der Waals surface area contributed by atoms with Crippen LogP contribution in [-0.2, 0) is 4.79 Å². The average Bonchev–Trinajstić information content (AvgIpc) is 2.10. The summed E-state index contributed by atoms with van der Waals surface area (Å²) in [5, 5.41) is 12.1. The molecule has 1 amide bonds. The molecule has 0 aromatic rings. The van der Waals surface area contributed by atoms with E-state index < -0.39 is 5.41 Å². The van der Waals surface area contributed by atoms with E-state index in [-0.39, 0.29) is 11.3 Å². The molecule has 0 spiro atoms. The third-order valence-electron chi connectivity index (χ3n) is 4.77. The van der Waals surface area contributed by atoms with E-state index in [9.17, 15) is 4.79 Å². The Kier molecular flexibility index (Phi) is 3.16. The Labute approximate surface area is 104 Å². The molecule has 94 valence electrons. The van der Waals surface area contributed by atoms with Crippen LogP contribution in [0, 0.1) is 28.1 Å². The minimum Gasteiger partial charge on any atom is -0.354 e. The standard InChI is InChI=1S/C14H22N2O/c1-13(2,11-5-3-6-11)10-16-12(17)14(9-15)7-4-8-14/h11H,3-8,10H2,1-2H3,(H,16,17). The lowest BCUT2D eigenvalue weighted by Crippen LogP contribution is -2.49. The molecule has 2 fully saturated rings. The molecule has 0 unspecified atom stereocenters. The summed E-state index contributed by atoms with van der Waals surface area (Å²) in [6, 6.07) is 2.20. The van der Waals surface area contributed by atoms with Gasteiger partial charge in [-0.05, 0) is 43.4 Å². The van der Waals surface area contributed by atoms with Crippen LogP contribution in [0.5, 0.6) is 0 Å². The van der Waals surface area contributed by atoms with Crippen molar-refractivity contribution in [3.8, 4) is 6.07 Å². The summed E-state index contributed by atoms with van der Waals surface area (Å²) in [5.74, 6) is 0.695. The highest BCUT2D eigenvalue weighted by molar-refractivity contribution is 5.86. The van der Waals surface area contributed by atoms with Crippen LogP contribution in [0.15, 0.2) is 0 Å². The molecule has 3 nitrogen and oxygen atoms in total. The van der Waals surface area contributed by atoms with Gasteiger partial charge in [0, 0.05) is 6.54 Å². The zero-order valence-electron chi connectivity index (χ0n) is 10.9. The summed E-state index contributed by atoms with van der Waals surface area (Å²) in [6.45, 7) is 5.15. The van der Waals surface area contributed by atoms with Gasteiger partial charge in [0.1, 0.15) is 5.41 Å². The van der Waals surface area contributed by atoms with Gasteiger partial charge >= 0.3 is 0 Å². The molecule has 2 aliphatic carbocycles. The molecular formula is C14H22N2O. The Morgan fingerprint density at radius 3 is 2.41 bits per heavy atom. The Morgan fingerprint density at radius 2 is 2.06 bits per heavy atom. The van der Waals surface area contributed by atoms with Crippen LogP contribution in [0.4, 0.5) is 0 Å². The molecule has 0 bridgehead atoms. The monoisotopic (exact) mass is 234 g/mol. The molecular weight excluding hydrogens is 212 g/mol. The average molecular weight is 234 g/mol. The van der Waals surface area contributed by atoms with Gasteiger partial charge in [0.05, 0.1) is 6.07 Å². The van der Waals surface area contributed by atoms with Gasteiger partial charge in [-0.2, -0.15) is 5.26 Å². The number of hydrogen-bond acceptors (Lipinski definition) is 2. The van der Waals surface area contributed by atoms with Gasteiger partial charge in [-0.3, -0.25) is 4.79 Å². The maximum absolute atomic E-state index is 12.0. The highest BCUT2D eigenvalue weighted by Gasteiger charge is 2.45. The zero-order valence-corrected chi connectivity index (χ0v) is 10.9. The van der Waals surface area contributed by atoms with Crippen LogP contribution in [0.1, 0.15) is 52.4 Å². The zero-order chi connectivity index (χ0) is 12.5. The molecule has 0 aromatic carbocycles. The fraction of sp³-hybridized carbons (Fsp3) is 0.857. The molecule has 0 aliphatic heterocycles. The van der Waals surface area contributed by atoms with Gasteiger partial charge in [0.25, 0.3) is 0 Å². The van der Waals surface area contributed by atoms with Crippen LogP contribution < -0.4 is 5.32 Å². The minimum atomic E-state index is -0.699. The molecule has 0 radical (unpaired) electrons. The van der Waals surface area contributed by atoms with E-state index in [1.807, 2.05) is 0 Å². The van der Waals surface area contributed by atoms with Gasteiger partial charge in [0.15, 0.2) is 0 Å². The summed E-state index contributed by atoms with van der Waals surface area (Å²) >= 11 is 0. The molecule has 3 heteroatoms. The SMILES string of the molecule is CC(C)(CNC(=O)C1(C#N)CCC1)C1CCC1. The number of hydrogen-bond donors (Lipinski definition) is 1. The fourth-order valence-corrected chi connectivity index (χ4v) is 2.73. The first-order chi connectivity index (χ1) is 8.00. The van der Waals surface area contributed by atoms with Crippen molar-refractivity contribution in [2.24, 2.45) is 16.7 Å². The Bertz CT molecular complexity index is 346. The lowest BCUT2D eigenvalue weighted by Gasteiger charge is -2.41. The van der Waals surface area contributed by atoms with Crippen molar-refractivity contribution in [1.82, 2.24) is 5.32 Å². The van der Waals surface area contributed by atoms with E-state index in [1.165, 1.54) is 19.3 Å². The Hall–Kier alpha value is -1.04. The first-order valence-corrected chi connectivity index (χ1v) is 6.70. The second-order valence-electron chi connectivity index (χ2n) is 6.35. The number of amides is 1. The number of nitrogens with zero attached hydrogens (tertiary/aromatic N) is 1. The van der Waals surface area contributed by atoms with Crippen molar-refractivity contribution in [3.05, 3.63) is 0 Å². The van der Waals surface area contributed by atoms with Crippen LogP contribution in [0.3, 0.4) is 0 Å². The van der Waals surface area contributed by atoms with E-state index in [2.05, 4.69) is 25.2 Å². The molecule has 2 saturated carbocycles. The van der Waals surface area contributed by atoms with Crippen molar-refractivity contribution in [2.45, 2.75) is 52.4 Å². The van der Waals surface area contributed by atoms with Gasteiger partial charge < -0.3 is 5.32 Å². The predicted octanol–water partition coefficient (Wildman–Crippen LogP) is 2.62. The van der Waals surface area contributed by atoms with E-state index in [0.29, 0.717) is 6.54 Å².